The van der Waals surface area contributed by atoms with Crippen molar-refractivity contribution in [3.63, 3.8) is 0 Å². The van der Waals surface area contributed by atoms with E-state index in [1.54, 1.807) is 18.2 Å². The van der Waals surface area contributed by atoms with Gasteiger partial charge in [-0.15, -0.1) is 0 Å². The molecule has 0 radical (unpaired) electrons. The van der Waals surface area contributed by atoms with Gasteiger partial charge in [0, 0.05) is 12.0 Å². The zero-order chi connectivity index (χ0) is 37.4. The van der Waals surface area contributed by atoms with Crippen molar-refractivity contribution in [1.82, 2.24) is 21.3 Å². The third-order valence-corrected chi connectivity index (χ3v) is 9.95. The molecule has 0 bridgehead atoms. The molecule has 8 nitrogen and oxygen atoms in total. The molecule has 4 rings (SSSR count). The molecule has 0 unspecified atom stereocenters. The monoisotopic (exact) mass is 724 g/mol. The van der Waals surface area contributed by atoms with Crippen LogP contribution in [-0.4, -0.2) is 72.8 Å². The van der Waals surface area contributed by atoms with Gasteiger partial charge in [0.2, 0.25) is 0 Å². The first-order valence-electron chi connectivity index (χ1n) is 20.0. The second-order valence-electron chi connectivity index (χ2n) is 14.2. The number of phenolic OH excluding ortho intramolecular Hbond substituents is 4. The third kappa shape index (κ3) is 16.2. The van der Waals surface area contributed by atoms with Gasteiger partial charge >= 0.3 is 0 Å². The number of hydrogen-bond acceptors (Lipinski definition) is 8. The Hall–Kier alpha value is -4.08. The van der Waals surface area contributed by atoms with Gasteiger partial charge in [-0.05, 0) is 150 Å². The van der Waals surface area contributed by atoms with E-state index in [-0.39, 0.29) is 23.0 Å². The minimum atomic E-state index is -0.183. The standard InChI is InChI=1S/C45H64N4O4/c50-42-20-19-38(23-31-48-27-13-3-1-11-25-46-29-21-36-15-7-5-8-16-36)41(45(42)53)33-40-35-44(52)43(51)34-39(40)24-32-49-28-14-4-2-12-26-47-30-22-37-17-9-6-10-18-37/h5-10,15-20,34-35,46-53H,1-4,11-14,21-33H2. The summed E-state index contributed by atoms with van der Waals surface area (Å²) in [5.74, 6) is -0.606. The van der Waals surface area contributed by atoms with E-state index in [1.807, 2.05) is 6.07 Å². The average molecular weight is 725 g/mol. The van der Waals surface area contributed by atoms with Crippen LogP contribution in [-0.2, 0) is 32.1 Å². The minimum absolute atomic E-state index is 0.122. The van der Waals surface area contributed by atoms with Crippen molar-refractivity contribution in [3.8, 4) is 23.0 Å². The van der Waals surface area contributed by atoms with E-state index in [2.05, 4.69) is 81.9 Å². The topological polar surface area (TPSA) is 129 Å². The minimum Gasteiger partial charge on any atom is -0.504 e. The molecule has 0 fully saturated rings. The maximum atomic E-state index is 10.9. The van der Waals surface area contributed by atoms with Crippen molar-refractivity contribution in [1.29, 1.82) is 0 Å². The highest BCUT2D eigenvalue weighted by atomic mass is 16.3. The lowest BCUT2D eigenvalue weighted by atomic mass is 9.92. The van der Waals surface area contributed by atoms with Crippen LogP contribution < -0.4 is 21.3 Å². The number of unbranched alkanes of at least 4 members (excludes halogenated alkanes) is 6. The zero-order valence-electron chi connectivity index (χ0n) is 31.7. The molecule has 0 heterocycles. The first-order valence-corrected chi connectivity index (χ1v) is 20.0. The molecule has 8 heteroatoms. The van der Waals surface area contributed by atoms with E-state index < -0.39 is 0 Å². The van der Waals surface area contributed by atoms with Gasteiger partial charge in [-0.25, -0.2) is 0 Å². The Labute approximate surface area is 318 Å². The Bertz CT molecular complexity index is 1570. The Balaban J connectivity index is 1.11. The van der Waals surface area contributed by atoms with Crippen molar-refractivity contribution in [2.24, 2.45) is 0 Å². The van der Waals surface area contributed by atoms with Crippen LogP contribution in [0.1, 0.15) is 84.7 Å². The Morgan fingerprint density at radius 2 is 0.774 bits per heavy atom. The largest absolute Gasteiger partial charge is 0.504 e. The van der Waals surface area contributed by atoms with Crippen molar-refractivity contribution in [3.05, 3.63) is 118 Å². The molecule has 4 aromatic rings. The number of benzene rings is 4. The highest BCUT2D eigenvalue weighted by Gasteiger charge is 2.17. The Morgan fingerprint density at radius 3 is 1.25 bits per heavy atom. The summed E-state index contributed by atoms with van der Waals surface area (Å²) in [7, 11) is 0. The first kappa shape index (κ1) is 41.7. The van der Waals surface area contributed by atoms with E-state index in [0.717, 1.165) is 94.7 Å². The van der Waals surface area contributed by atoms with Gasteiger partial charge in [0.15, 0.2) is 23.0 Å². The molecule has 4 aromatic carbocycles. The molecule has 0 atom stereocenters. The molecule has 0 aliphatic carbocycles. The van der Waals surface area contributed by atoms with Crippen LogP contribution >= 0.6 is 0 Å². The summed E-state index contributed by atoms with van der Waals surface area (Å²) < 4.78 is 0. The lowest BCUT2D eigenvalue weighted by molar-refractivity contribution is 0.398. The van der Waals surface area contributed by atoms with E-state index in [4.69, 9.17) is 0 Å². The average Bonchev–Trinajstić information content (AvgIpc) is 3.17. The fourth-order valence-corrected chi connectivity index (χ4v) is 6.76. The molecular formula is C45H64N4O4. The van der Waals surface area contributed by atoms with Gasteiger partial charge < -0.3 is 41.7 Å². The predicted molar refractivity (Wildman–Crippen MR) is 218 cm³/mol. The number of rotatable bonds is 28. The van der Waals surface area contributed by atoms with E-state index >= 15 is 0 Å². The number of hydrogen-bond donors (Lipinski definition) is 8. The van der Waals surface area contributed by atoms with Crippen LogP contribution in [0.25, 0.3) is 0 Å². The molecule has 8 N–H and O–H groups in total. The highest BCUT2D eigenvalue weighted by molar-refractivity contribution is 5.54. The number of aromatic hydroxyl groups is 4. The molecule has 53 heavy (non-hydrogen) atoms. The van der Waals surface area contributed by atoms with Crippen molar-refractivity contribution in [2.75, 3.05) is 52.4 Å². The molecular weight excluding hydrogens is 661 g/mol. The Morgan fingerprint density at radius 1 is 0.358 bits per heavy atom. The quantitative estimate of drug-likeness (QED) is 0.0229. The normalized spacial score (nSPS) is 11.3. The maximum absolute atomic E-state index is 10.9. The van der Waals surface area contributed by atoms with Crippen LogP contribution in [0.2, 0.25) is 0 Å². The smallest absolute Gasteiger partial charge is 0.161 e. The summed E-state index contributed by atoms with van der Waals surface area (Å²) in [6.07, 6.45) is 13.2. The fourth-order valence-electron chi connectivity index (χ4n) is 6.76. The zero-order valence-corrected chi connectivity index (χ0v) is 31.7. The van der Waals surface area contributed by atoms with Crippen LogP contribution in [0, 0.1) is 0 Å². The summed E-state index contributed by atoms with van der Waals surface area (Å²) in [5, 5.41) is 56.1. The highest BCUT2D eigenvalue weighted by Crippen LogP contribution is 2.36. The van der Waals surface area contributed by atoms with Gasteiger partial charge in [0.05, 0.1) is 0 Å². The van der Waals surface area contributed by atoms with E-state index in [0.29, 0.717) is 24.8 Å². The van der Waals surface area contributed by atoms with Crippen LogP contribution in [0.3, 0.4) is 0 Å². The fraction of sp³-hybridized carbons (Fsp3) is 0.467. The van der Waals surface area contributed by atoms with Crippen molar-refractivity contribution < 1.29 is 20.4 Å². The predicted octanol–water partition coefficient (Wildman–Crippen LogP) is 7.15. The third-order valence-electron chi connectivity index (χ3n) is 9.95. The number of nitrogens with one attached hydrogen (secondary N) is 4. The molecule has 288 valence electrons. The molecule has 0 aromatic heterocycles. The Kier molecular flexibility index (Phi) is 19.7. The van der Waals surface area contributed by atoms with Gasteiger partial charge in [-0.2, -0.15) is 0 Å². The molecule has 0 saturated carbocycles. The van der Waals surface area contributed by atoms with Gasteiger partial charge in [-0.3, -0.25) is 0 Å². The molecule has 0 saturated heterocycles. The summed E-state index contributed by atoms with van der Waals surface area (Å²) in [4.78, 5) is 0. The second-order valence-corrected chi connectivity index (χ2v) is 14.2. The lowest BCUT2D eigenvalue weighted by Crippen LogP contribution is -2.20. The van der Waals surface area contributed by atoms with Gasteiger partial charge in [-0.1, -0.05) is 92.4 Å². The molecule has 0 spiro atoms. The summed E-state index contributed by atoms with van der Waals surface area (Å²) in [6, 6.07) is 27.8. The second kappa shape index (κ2) is 25.0. The summed E-state index contributed by atoms with van der Waals surface area (Å²) in [6.45, 7) is 7.51. The number of phenols is 4. The van der Waals surface area contributed by atoms with Crippen LogP contribution in [0.15, 0.2) is 84.9 Å². The maximum Gasteiger partial charge on any atom is 0.161 e. The summed E-state index contributed by atoms with van der Waals surface area (Å²) >= 11 is 0. The van der Waals surface area contributed by atoms with E-state index in [1.165, 1.54) is 49.7 Å². The van der Waals surface area contributed by atoms with Gasteiger partial charge in [0.1, 0.15) is 0 Å². The lowest BCUT2D eigenvalue weighted by Gasteiger charge is -2.17. The molecule has 0 aliphatic heterocycles. The van der Waals surface area contributed by atoms with Crippen molar-refractivity contribution >= 4 is 0 Å². The first-order chi connectivity index (χ1) is 26.0. The van der Waals surface area contributed by atoms with E-state index in [9.17, 15) is 20.4 Å². The SMILES string of the molecule is Oc1cc(CCNCCCCCCNCCc2ccccc2)c(Cc2c(CCNCCCCCCNCCc3ccccc3)ccc(O)c2O)cc1O. The van der Waals surface area contributed by atoms with Crippen molar-refractivity contribution in [2.45, 2.75) is 83.5 Å². The van der Waals surface area contributed by atoms with Crippen LogP contribution in [0.5, 0.6) is 23.0 Å². The summed E-state index contributed by atoms with van der Waals surface area (Å²) in [5.41, 5.74) is 6.09. The molecule has 0 amide bonds. The van der Waals surface area contributed by atoms with Gasteiger partial charge in [0.25, 0.3) is 0 Å². The van der Waals surface area contributed by atoms with Crippen LogP contribution in [0.4, 0.5) is 0 Å². The molecule has 0 aliphatic rings.